The molecule has 1 aromatic heterocycles. The largest absolute Gasteiger partial charge is 0.497 e. The Morgan fingerprint density at radius 1 is 1.07 bits per heavy atom. The van der Waals surface area contributed by atoms with E-state index in [0.29, 0.717) is 23.6 Å². The molecular weight excluding hydrogens is 362 g/mol. The van der Waals surface area contributed by atoms with E-state index in [1.54, 1.807) is 13.2 Å². The monoisotopic (exact) mass is 383 g/mol. The van der Waals surface area contributed by atoms with Gasteiger partial charge in [0.1, 0.15) is 5.75 Å². The van der Waals surface area contributed by atoms with Crippen molar-refractivity contribution in [2.24, 2.45) is 0 Å². The smallest absolute Gasteiger partial charge is 0.278 e. The fourth-order valence-electron chi connectivity index (χ4n) is 3.87. The van der Waals surface area contributed by atoms with Crippen LogP contribution in [0, 0.1) is 10.1 Å². The van der Waals surface area contributed by atoms with Crippen LogP contribution >= 0.6 is 0 Å². The maximum atomic E-state index is 11.8. The number of nitro benzene ring substituents is 1. The van der Waals surface area contributed by atoms with Crippen LogP contribution in [0.25, 0.3) is 10.9 Å². The number of methoxy groups -OCH3 is 3. The topological polar surface area (TPSA) is 98.7 Å². The molecule has 2 aromatic carbocycles. The van der Waals surface area contributed by atoms with Crippen molar-refractivity contribution in [3.05, 3.63) is 57.3 Å². The number of aromatic nitrogens is 1. The van der Waals surface area contributed by atoms with E-state index in [0.717, 1.165) is 34.3 Å². The van der Waals surface area contributed by atoms with Crippen LogP contribution in [-0.4, -0.2) is 37.8 Å². The van der Waals surface area contributed by atoms with Crippen molar-refractivity contribution in [2.45, 2.75) is 12.5 Å². The van der Waals surface area contributed by atoms with Gasteiger partial charge in [0.25, 0.3) is 5.69 Å². The minimum Gasteiger partial charge on any atom is -0.497 e. The highest BCUT2D eigenvalue weighted by Gasteiger charge is 2.32. The van der Waals surface area contributed by atoms with Gasteiger partial charge >= 0.3 is 0 Å². The van der Waals surface area contributed by atoms with Crippen molar-refractivity contribution >= 4 is 16.6 Å². The Morgan fingerprint density at radius 2 is 1.82 bits per heavy atom. The molecule has 3 aromatic rings. The molecule has 0 spiro atoms. The van der Waals surface area contributed by atoms with Gasteiger partial charge in [0.05, 0.1) is 43.9 Å². The third kappa shape index (κ3) is 2.82. The summed E-state index contributed by atoms with van der Waals surface area (Å²) in [5.41, 5.74) is 3.55. The van der Waals surface area contributed by atoms with E-state index in [-0.39, 0.29) is 16.7 Å². The van der Waals surface area contributed by atoms with Gasteiger partial charge in [-0.1, -0.05) is 0 Å². The number of ether oxygens (including phenoxy) is 3. The van der Waals surface area contributed by atoms with Crippen LogP contribution in [0.4, 0.5) is 5.69 Å². The number of benzene rings is 2. The van der Waals surface area contributed by atoms with Gasteiger partial charge < -0.3 is 24.5 Å². The molecule has 28 heavy (non-hydrogen) atoms. The van der Waals surface area contributed by atoms with Crippen molar-refractivity contribution in [3.63, 3.8) is 0 Å². The molecule has 4 rings (SSSR count). The average Bonchev–Trinajstić information content (AvgIpc) is 3.10. The Labute approximate surface area is 161 Å². The summed E-state index contributed by atoms with van der Waals surface area (Å²) >= 11 is 0. The van der Waals surface area contributed by atoms with Gasteiger partial charge in [0.15, 0.2) is 11.5 Å². The molecule has 2 heterocycles. The number of nitrogens with one attached hydrogen (secondary N) is 2. The summed E-state index contributed by atoms with van der Waals surface area (Å²) in [5, 5.41) is 16.2. The maximum absolute atomic E-state index is 11.8. The molecule has 1 atom stereocenters. The number of fused-ring (bicyclic) bond motifs is 3. The zero-order chi connectivity index (χ0) is 19.8. The predicted molar refractivity (Wildman–Crippen MR) is 105 cm³/mol. The SMILES string of the molecule is COc1ccc2[nH]c3c(c2c1)CCNC3c1cc(OC)c(OC)cc1[N+](=O)[O-]. The number of hydrogen-bond acceptors (Lipinski definition) is 6. The predicted octanol–water partition coefficient (Wildman–Crippen LogP) is 3.34. The van der Waals surface area contributed by atoms with E-state index in [1.807, 2.05) is 18.2 Å². The number of aromatic amines is 1. The first kappa shape index (κ1) is 18.1. The molecular formula is C20H21N3O5. The number of H-pyrrole nitrogens is 1. The van der Waals surface area contributed by atoms with Gasteiger partial charge in [-0.25, -0.2) is 0 Å². The second-order valence-corrected chi connectivity index (χ2v) is 6.59. The van der Waals surface area contributed by atoms with Gasteiger partial charge in [0, 0.05) is 23.1 Å². The Balaban J connectivity index is 1.91. The van der Waals surface area contributed by atoms with E-state index in [9.17, 15) is 10.1 Å². The summed E-state index contributed by atoms with van der Waals surface area (Å²) in [6.07, 6.45) is 0.820. The highest BCUT2D eigenvalue weighted by Crippen LogP contribution is 2.42. The lowest BCUT2D eigenvalue weighted by Gasteiger charge is -2.25. The van der Waals surface area contributed by atoms with Gasteiger partial charge in [-0.2, -0.15) is 0 Å². The summed E-state index contributed by atoms with van der Waals surface area (Å²) in [5.74, 6) is 1.56. The first-order valence-electron chi connectivity index (χ1n) is 8.89. The van der Waals surface area contributed by atoms with E-state index in [1.165, 1.54) is 20.3 Å². The molecule has 146 valence electrons. The van der Waals surface area contributed by atoms with Crippen molar-refractivity contribution in [1.29, 1.82) is 0 Å². The van der Waals surface area contributed by atoms with Crippen LogP contribution in [0.5, 0.6) is 17.2 Å². The van der Waals surface area contributed by atoms with E-state index in [4.69, 9.17) is 14.2 Å². The summed E-state index contributed by atoms with van der Waals surface area (Å²) in [4.78, 5) is 14.8. The summed E-state index contributed by atoms with van der Waals surface area (Å²) in [6.45, 7) is 0.702. The Kier molecular flexibility index (Phi) is 4.56. The molecule has 1 aliphatic heterocycles. The zero-order valence-corrected chi connectivity index (χ0v) is 15.9. The van der Waals surface area contributed by atoms with Gasteiger partial charge in [0.2, 0.25) is 0 Å². The van der Waals surface area contributed by atoms with Crippen LogP contribution in [0.3, 0.4) is 0 Å². The first-order valence-corrected chi connectivity index (χ1v) is 8.89. The van der Waals surface area contributed by atoms with Crippen molar-refractivity contribution in [3.8, 4) is 17.2 Å². The fourth-order valence-corrected chi connectivity index (χ4v) is 3.87. The maximum Gasteiger partial charge on any atom is 0.278 e. The van der Waals surface area contributed by atoms with Gasteiger partial charge in [-0.3, -0.25) is 10.1 Å². The molecule has 0 bridgehead atoms. The summed E-state index contributed by atoms with van der Waals surface area (Å²) in [7, 11) is 4.61. The molecule has 0 saturated heterocycles. The minimum absolute atomic E-state index is 0.0146. The molecule has 0 aliphatic carbocycles. The lowest BCUT2D eigenvalue weighted by Crippen LogP contribution is -2.31. The van der Waals surface area contributed by atoms with E-state index < -0.39 is 0 Å². The highest BCUT2D eigenvalue weighted by molar-refractivity contribution is 5.87. The Morgan fingerprint density at radius 3 is 2.50 bits per heavy atom. The molecule has 0 saturated carbocycles. The molecule has 0 fully saturated rings. The number of nitrogens with zero attached hydrogens (tertiary/aromatic N) is 1. The highest BCUT2D eigenvalue weighted by atomic mass is 16.6. The van der Waals surface area contributed by atoms with Gasteiger partial charge in [-0.05, 0) is 36.2 Å². The van der Waals surface area contributed by atoms with Gasteiger partial charge in [-0.15, -0.1) is 0 Å². The third-order valence-electron chi connectivity index (χ3n) is 5.20. The first-order chi connectivity index (χ1) is 13.6. The molecule has 0 amide bonds. The molecule has 8 heteroatoms. The minimum atomic E-state index is -0.390. The lowest BCUT2D eigenvalue weighted by molar-refractivity contribution is -0.385. The molecule has 0 radical (unpaired) electrons. The van der Waals surface area contributed by atoms with E-state index in [2.05, 4.69) is 10.3 Å². The summed E-state index contributed by atoms with van der Waals surface area (Å²) < 4.78 is 16.0. The number of rotatable bonds is 5. The molecule has 1 unspecified atom stereocenters. The lowest BCUT2D eigenvalue weighted by atomic mass is 9.93. The molecule has 2 N–H and O–H groups in total. The Bertz CT molecular complexity index is 1060. The quantitative estimate of drug-likeness (QED) is 0.518. The third-order valence-corrected chi connectivity index (χ3v) is 5.20. The van der Waals surface area contributed by atoms with E-state index >= 15 is 0 Å². The fraction of sp³-hybridized carbons (Fsp3) is 0.300. The van der Waals surface area contributed by atoms with Crippen LogP contribution in [0.15, 0.2) is 30.3 Å². The van der Waals surface area contributed by atoms with Crippen LogP contribution in [-0.2, 0) is 6.42 Å². The molecule has 8 nitrogen and oxygen atoms in total. The average molecular weight is 383 g/mol. The molecule has 1 aliphatic rings. The second-order valence-electron chi connectivity index (χ2n) is 6.59. The standard InChI is InChI=1S/C20H21N3O5/c1-26-11-4-5-15-13(8-11)12-6-7-21-19(20(12)22-15)14-9-17(27-2)18(28-3)10-16(14)23(24)25/h4-5,8-10,19,21-22H,6-7H2,1-3H3. The van der Waals surface area contributed by atoms with Crippen molar-refractivity contribution in [1.82, 2.24) is 10.3 Å². The summed E-state index contributed by atoms with van der Waals surface area (Å²) in [6, 6.07) is 8.59. The number of hydrogen-bond donors (Lipinski definition) is 2. The van der Waals surface area contributed by atoms with Crippen molar-refractivity contribution < 1.29 is 19.1 Å². The van der Waals surface area contributed by atoms with Crippen LogP contribution < -0.4 is 19.5 Å². The van der Waals surface area contributed by atoms with Crippen molar-refractivity contribution in [2.75, 3.05) is 27.9 Å². The zero-order valence-electron chi connectivity index (χ0n) is 15.9. The normalized spacial score (nSPS) is 15.9. The van der Waals surface area contributed by atoms with Crippen LogP contribution in [0.2, 0.25) is 0 Å². The van der Waals surface area contributed by atoms with Crippen LogP contribution in [0.1, 0.15) is 22.9 Å². The second kappa shape index (κ2) is 7.05. The number of nitro groups is 1. The Hall–Kier alpha value is -3.26.